The lowest BCUT2D eigenvalue weighted by Crippen LogP contribution is -2.11. The Morgan fingerprint density at radius 3 is 2.73 bits per heavy atom. The summed E-state index contributed by atoms with van der Waals surface area (Å²) in [4.78, 5) is 31.1. The van der Waals surface area contributed by atoms with E-state index in [0.29, 0.717) is 34.5 Å². The molecule has 0 saturated carbocycles. The van der Waals surface area contributed by atoms with E-state index in [4.69, 9.17) is 20.0 Å². The first-order chi connectivity index (χ1) is 19.3. The standard InChI is InChI=1S/C30H26FN5O4/c1-3-5-25-33-27-22(28(32)37)6-4-7-23(27)36(25)14-17-8-10-20-18(12-17)15-39-24-13-19(31)9-11-21(24)26(20)16(2)29-34-30(38)40-35-29/h4,6-13H,3,5,14-15H2,1-2H3,(H2,32,37)(H,34,35,38). The summed E-state index contributed by atoms with van der Waals surface area (Å²) in [5.41, 5.74) is 12.3. The van der Waals surface area contributed by atoms with Crippen LogP contribution >= 0.6 is 0 Å². The minimum atomic E-state index is -0.662. The number of aromatic nitrogens is 4. The number of allylic oxidation sites excluding steroid dienone is 1. The summed E-state index contributed by atoms with van der Waals surface area (Å²) in [6.45, 7) is 4.63. The molecule has 40 heavy (non-hydrogen) atoms. The largest absolute Gasteiger partial charge is 0.488 e. The Balaban J connectivity index is 1.48. The fraction of sp³-hybridized carbons (Fsp3) is 0.200. The summed E-state index contributed by atoms with van der Waals surface area (Å²) in [5, 5.41) is 3.87. The van der Waals surface area contributed by atoms with Crippen LogP contribution in [-0.4, -0.2) is 25.6 Å². The highest BCUT2D eigenvalue weighted by Gasteiger charge is 2.24. The number of nitrogens with zero attached hydrogens (tertiary/aromatic N) is 3. The molecular weight excluding hydrogens is 513 g/mol. The van der Waals surface area contributed by atoms with Gasteiger partial charge in [-0.2, -0.15) is 0 Å². The highest BCUT2D eigenvalue weighted by molar-refractivity contribution is 6.04. The zero-order chi connectivity index (χ0) is 28.0. The van der Waals surface area contributed by atoms with Gasteiger partial charge in [0, 0.05) is 30.2 Å². The number of benzene rings is 3. The molecule has 3 N–H and O–H groups in total. The Morgan fingerprint density at radius 2 is 1.98 bits per heavy atom. The maximum atomic E-state index is 14.2. The number of imidazole rings is 1. The number of amides is 1. The molecule has 5 aromatic rings. The van der Waals surface area contributed by atoms with Crippen LogP contribution in [0.2, 0.25) is 0 Å². The Hall–Kier alpha value is -4.99. The van der Waals surface area contributed by atoms with Gasteiger partial charge in [0.25, 0.3) is 5.91 Å². The second kappa shape index (κ2) is 9.96. The molecule has 202 valence electrons. The molecule has 0 spiro atoms. The number of H-pyrrole nitrogens is 1. The van der Waals surface area contributed by atoms with E-state index in [-0.39, 0.29) is 12.4 Å². The number of nitrogens with two attached hydrogens (primary N) is 1. The van der Waals surface area contributed by atoms with Crippen molar-refractivity contribution in [3.8, 4) is 5.75 Å². The van der Waals surface area contributed by atoms with Gasteiger partial charge in [0.15, 0.2) is 5.82 Å². The second-order valence-electron chi connectivity index (χ2n) is 9.77. The molecule has 0 fully saturated rings. The van der Waals surface area contributed by atoms with Crippen molar-refractivity contribution in [3.05, 3.63) is 110 Å². The van der Waals surface area contributed by atoms with Crippen molar-refractivity contribution in [3.63, 3.8) is 0 Å². The summed E-state index contributed by atoms with van der Waals surface area (Å²) in [5.74, 6) is -0.0479. The van der Waals surface area contributed by atoms with E-state index >= 15 is 0 Å². The third-order valence-electron chi connectivity index (χ3n) is 7.14. The van der Waals surface area contributed by atoms with Crippen molar-refractivity contribution in [1.29, 1.82) is 0 Å². The van der Waals surface area contributed by atoms with Gasteiger partial charge in [-0.25, -0.2) is 14.2 Å². The topological polar surface area (TPSA) is 129 Å². The molecule has 2 aromatic heterocycles. The molecule has 0 saturated heterocycles. The molecule has 0 unspecified atom stereocenters. The molecule has 0 bridgehead atoms. The maximum absolute atomic E-state index is 14.2. The van der Waals surface area contributed by atoms with Crippen molar-refractivity contribution in [2.24, 2.45) is 5.73 Å². The van der Waals surface area contributed by atoms with Gasteiger partial charge in [0.2, 0.25) is 0 Å². The first kappa shape index (κ1) is 25.3. The van der Waals surface area contributed by atoms with E-state index in [1.165, 1.54) is 12.1 Å². The third kappa shape index (κ3) is 4.37. The van der Waals surface area contributed by atoms with Gasteiger partial charge in [0.1, 0.15) is 29.5 Å². The summed E-state index contributed by atoms with van der Waals surface area (Å²) in [6, 6.07) is 15.9. The minimum Gasteiger partial charge on any atom is -0.488 e. The lowest BCUT2D eigenvalue weighted by molar-refractivity contribution is 0.100. The summed E-state index contributed by atoms with van der Waals surface area (Å²) < 4.78 is 27.1. The average Bonchev–Trinajstić information content (AvgIpc) is 3.48. The number of halogens is 1. The Labute approximate surface area is 228 Å². The van der Waals surface area contributed by atoms with E-state index in [1.54, 1.807) is 12.1 Å². The fourth-order valence-electron chi connectivity index (χ4n) is 5.31. The number of ether oxygens (including phenoxy) is 1. The predicted molar refractivity (Wildman–Crippen MR) is 147 cm³/mol. The highest BCUT2D eigenvalue weighted by atomic mass is 19.1. The second-order valence-corrected chi connectivity index (χ2v) is 9.77. The Morgan fingerprint density at radius 1 is 1.15 bits per heavy atom. The molecule has 0 aliphatic carbocycles. The third-order valence-corrected chi connectivity index (χ3v) is 7.14. The maximum Gasteiger partial charge on any atom is 0.439 e. The quantitative estimate of drug-likeness (QED) is 0.318. The predicted octanol–water partition coefficient (Wildman–Crippen LogP) is 4.82. The van der Waals surface area contributed by atoms with Crippen molar-refractivity contribution in [2.75, 3.05) is 0 Å². The zero-order valence-corrected chi connectivity index (χ0v) is 22.0. The van der Waals surface area contributed by atoms with Gasteiger partial charge in [-0.3, -0.25) is 14.3 Å². The van der Waals surface area contributed by atoms with Crippen molar-refractivity contribution in [1.82, 2.24) is 19.7 Å². The van der Waals surface area contributed by atoms with Crippen LogP contribution in [0.3, 0.4) is 0 Å². The van der Waals surface area contributed by atoms with Crippen LogP contribution in [0.5, 0.6) is 5.75 Å². The van der Waals surface area contributed by atoms with Crippen LogP contribution in [0.1, 0.15) is 64.5 Å². The van der Waals surface area contributed by atoms with E-state index < -0.39 is 17.5 Å². The van der Waals surface area contributed by atoms with Gasteiger partial charge >= 0.3 is 5.76 Å². The molecule has 0 radical (unpaired) electrons. The molecule has 10 heteroatoms. The summed E-state index contributed by atoms with van der Waals surface area (Å²) >= 11 is 0. The van der Waals surface area contributed by atoms with Crippen LogP contribution in [0.15, 0.2) is 63.9 Å². The number of nitrogens with one attached hydrogen (secondary N) is 1. The normalized spacial score (nSPS) is 13.9. The molecule has 3 heterocycles. The van der Waals surface area contributed by atoms with Crippen molar-refractivity contribution < 1.29 is 18.4 Å². The summed E-state index contributed by atoms with van der Waals surface area (Å²) in [6.07, 6.45) is 1.63. The van der Waals surface area contributed by atoms with Crippen molar-refractivity contribution >= 4 is 28.1 Å². The molecule has 3 aromatic carbocycles. The number of primary amides is 1. The number of aromatic amines is 1. The smallest absolute Gasteiger partial charge is 0.439 e. The van der Waals surface area contributed by atoms with Crippen LogP contribution in [-0.2, 0) is 19.6 Å². The molecule has 9 nitrogen and oxygen atoms in total. The monoisotopic (exact) mass is 539 g/mol. The van der Waals surface area contributed by atoms with Gasteiger partial charge in [-0.1, -0.05) is 30.3 Å². The fourth-order valence-corrected chi connectivity index (χ4v) is 5.31. The van der Waals surface area contributed by atoms with Crippen LogP contribution in [0.25, 0.3) is 22.2 Å². The van der Waals surface area contributed by atoms with Gasteiger partial charge in [0.05, 0.1) is 11.1 Å². The van der Waals surface area contributed by atoms with Crippen LogP contribution in [0, 0.1) is 5.82 Å². The van der Waals surface area contributed by atoms with E-state index in [9.17, 15) is 14.0 Å². The van der Waals surface area contributed by atoms with E-state index in [1.807, 2.05) is 31.2 Å². The van der Waals surface area contributed by atoms with E-state index in [2.05, 4.69) is 27.7 Å². The number of rotatable bonds is 6. The lowest BCUT2D eigenvalue weighted by Gasteiger charge is -2.15. The molecule has 1 amide bonds. The van der Waals surface area contributed by atoms with Crippen LogP contribution in [0.4, 0.5) is 4.39 Å². The SMILES string of the molecule is CCCc1nc2c(C(N)=O)cccc2n1Cc1ccc2c(c1)COc1cc(F)ccc1C2=C(C)c1noc(=O)[nH]1. The first-order valence-electron chi connectivity index (χ1n) is 12.9. The zero-order valence-electron chi connectivity index (χ0n) is 22.0. The molecule has 1 aliphatic rings. The van der Waals surface area contributed by atoms with Crippen molar-refractivity contribution in [2.45, 2.75) is 39.8 Å². The molecule has 1 aliphatic heterocycles. The molecular formula is C30H26FN5O4. The number of fused-ring (bicyclic) bond motifs is 3. The number of para-hydroxylation sites is 1. The number of carbonyl (C=O) groups is 1. The van der Waals surface area contributed by atoms with E-state index in [0.717, 1.165) is 46.4 Å². The summed E-state index contributed by atoms with van der Waals surface area (Å²) in [7, 11) is 0. The molecule has 6 rings (SSSR count). The number of carbonyl (C=O) groups excluding carboxylic acids is 1. The molecule has 0 atom stereocenters. The number of hydrogen-bond donors (Lipinski definition) is 2. The van der Waals surface area contributed by atoms with Gasteiger partial charge in [-0.15, -0.1) is 0 Å². The average molecular weight is 540 g/mol. The first-order valence-corrected chi connectivity index (χ1v) is 12.9. The highest BCUT2D eigenvalue weighted by Crippen LogP contribution is 2.41. The number of hydrogen-bond acceptors (Lipinski definition) is 6. The number of aryl methyl sites for hydroxylation is 1. The van der Waals surface area contributed by atoms with Gasteiger partial charge < -0.3 is 15.0 Å². The lowest BCUT2D eigenvalue weighted by atomic mass is 9.89. The Bertz CT molecular complexity index is 1880. The van der Waals surface area contributed by atoms with Gasteiger partial charge in [-0.05, 0) is 65.9 Å². The van der Waals surface area contributed by atoms with Crippen LogP contribution < -0.4 is 16.2 Å². The minimum absolute atomic E-state index is 0.212. The Kier molecular flexibility index (Phi) is 6.30.